The van der Waals surface area contributed by atoms with Crippen LogP contribution in [0.15, 0.2) is 49.1 Å². The van der Waals surface area contributed by atoms with Gasteiger partial charge in [-0.2, -0.15) is 15.2 Å². The lowest BCUT2D eigenvalue weighted by Gasteiger charge is -2.42. The number of hydrogen-bond donors (Lipinski definition) is 1. The van der Waals surface area contributed by atoms with E-state index in [4.69, 9.17) is 32.0 Å². The Kier molecular flexibility index (Phi) is 7.93. The van der Waals surface area contributed by atoms with Crippen LogP contribution in [0.25, 0.3) is 10.8 Å². The van der Waals surface area contributed by atoms with Crippen LogP contribution in [-0.2, 0) is 17.8 Å². The molecule has 42 heavy (non-hydrogen) atoms. The summed E-state index contributed by atoms with van der Waals surface area (Å²) in [4.78, 5) is 28.6. The number of aromatic nitrogens is 2. The van der Waals surface area contributed by atoms with E-state index in [9.17, 15) is 10.1 Å². The van der Waals surface area contributed by atoms with Gasteiger partial charge in [-0.15, -0.1) is 0 Å². The molecule has 1 aromatic heterocycles. The van der Waals surface area contributed by atoms with Gasteiger partial charge in [-0.3, -0.25) is 4.79 Å². The van der Waals surface area contributed by atoms with Crippen molar-refractivity contribution in [2.45, 2.75) is 56.7 Å². The number of anilines is 2. The molecule has 10 heteroatoms. The van der Waals surface area contributed by atoms with E-state index in [-0.39, 0.29) is 23.9 Å². The van der Waals surface area contributed by atoms with E-state index >= 15 is 0 Å². The van der Waals surface area contributed by atoms with Gasteiger partial charge in [0.05, 0.1) is 41.3 Å². The molecule has 9 nitrogen and oxygen atoms in total. The molecule has 1 saturated heterocycles. The zero-order chi connectivity index (χ0) is 29.3. The molecule has 0 spiro atoms. The number of benzene rings is 2. The maximum Gasteiger partial charge on any atom is 0.318 e. The number of halogens is 1. The molecule has 2 aliphatic heterocycles. The van der Waals surface area contributed by atoms with Gasteiger partial charge in [0.25, 0.3) is 0 Å². The molecular weight excluding hydrogens is 550 g/mol. The zero-order valence-electron chi connectivity index (χ0n) is 23.8. The Morgan fingerprint density at radius 1 is 1.17 bits per heavy atom. The van der Waals surface area contributed by atoms with E-state index in [0.29, 0.717) is 38.8 Å². The van der Waals surface area contributed by atoms with E-state index in [1.807, 2.05) is 12.1 Å². The van der Waals surface area contributed by atoms with Crippen LogP contribution < -0.4 is 20.3 Å². The third-order valence-corrected chi connectivity index (χ3v) is 9.17. The highest BCUT2D eigenvalue weighted by molar-refractivity contribution is 6.36. The minimum absolute atomic E-state index is 0.155. The van der Waals surface area contributed by atoms with Gasteiger partial charge in [0.15, 0.2) is 0 Å². The number of carbonyl (C=O) groups is 1. The van der Waals surface area contributed by atoms with Gasteiger partial charge in [0.1, 0.15) is 12.4 Å². The Hall–Kier alpha value is -3.87. The number of piperazine rings is 1. The molecule has 1 aliphatic carbocycles. The van der Waals surface area contributed by atoms with Gasteiger partial charge in [-0.25, -0.2) is 0 Å². The Labute approximate surface area is 251 Å². The first-order valence-electron chi connectivity index (χ1n) is 14.7. The highest BCUT2D eigenvalue weighted by Crippen LogP contribution is 2.37. The molecule has 1 saturated carbocycles. The fourth-order valence-electron chi connectivity index (χ4n) is 6.63. The van der Waals surface area contributed by atoms with Crippen LogP contribution >= 0.6 is 11.6 Å². The molecule has 1 amide bonds. The number of amides is 1. The first kappa shape index (κ1) is 28.3. The molecule has 0 bridgehead atoms. The van der Waals surface area contributed by atoms with Crippen molar-refractivity contribution in [2.24, 2.45) is 5.73 Å². The van der Waals surface area contributed by atoms with Crippen molar-refractivity contribution < 1.29 is 9.53 Å². The topological polar surface area (TPSA) is 112 Å². The number of nitrogens with zero attached hydrogens (tertiary/aromatic N) is 6. The molecule has 1 atom stereocenters. The van der Waals surface area contributed by atoms with Crippen molar-refractivity contribution >= 4 is 39.8 Å². The fraction of sp³-hybridized carbons (Fsp3) is 0.438. The van der Waals surface area contributed by atoms with Crippen LogP contribution in [0.5, 0.6) is 6.01 Å². The standard InChI is InChI=1S/C32H36ClN7O2/c1-2-28(41)40-18-17-39(19-23(40)11-15-34)30-24-12-16-38(27-10-6-8-22-7-5-9-25(33)29(22)27)20-26(24)36-31(37-30)42-21-32(35)13-3-4-14-32/h2,5-10,23H,1,3-4,11-14,16-21,35H2/t23-/m0/s1. The zero-order valence-corrected chi connectivity index (χ0v) is 24.5. The van der Waals surface area contributed by atoms with E-state index in [2.05, 4.69) is 46.7 Å². The van der Waals surface area contributed by atoms with E-state index in [1.165, 1.54) is 6.08 Å². The average molecular weight is 586 g/mol. The van der Waals surface area contributed by atoms with Crippen LogP contribution in [0.4, 0.5) is 11.5 Å². The Bertz CT molecular complexity index is 1540. The monoisotopic (exact) mass is 585 g/mol. The normalized spacial score (nSPS) is 19.8. The summed E-state index contributed by atoms with van der Waals surface area (Å²) in [5.41, 5.74) is 9.31. The van der Waals surface area contributed by atoms with Gasteiger partial charge < -0.3 is 25.2 Å². The molecule has 0 radical (unpaired) electrons. The fourth-order valence-corrected chi connectivity index (χ4v) is 6.91. The van der Waals surface area contributed by atoms with E-state index in [1.54, 1.807) is 4.90 Å². The summed E-state index contributed by atoms with van der Waals surface area (Å²) in [5, 5.41) is 12.4. The van der Waals surface area contributed by atoms with Crippen molar-refractivity contribution in [2.75, 3.05) is 42.6 Å². The first-order chi connectivity index (χ1) is 20.4. The van der Waals surface area contributed by atoms with Crippen LogP contribution in [0.1, 0.15) is 43.4 Å². The SMILES string of the molecule is C=CC(=O)N1CCN(c2nc(OCC3(N)CCCC3)nc3c2CCN(c2cccc4cccc(Cl)c24)C3)C[C@@H]1CC#N. The second kappa shape index (κ2) is 11.8. The lowest BCUT2D eigenvalue weighted by atomic mass is 10.0. The highest BCUT2D eigenvalue weighted by Gasteiger charge is 2.34. The maximum absolute atomic E-state index is 12.5. The highest BCUT2D eigenvalue weighted by atomic mass is 35.5. The predicted octanol–water partition coefficient (Wildman–Crippen LogP) is 4.61. The number of rotatable bonds is 7. The minimum atomic E-state index is -0.361. The van der Waals surface area contributed by atoms with Gasteiger partial charge in [0, 0.05) is 42.8 Å². The summed E-state index contributed by atoms with van der Waals surface area (Å²) in [7, 11) is 0. The number of nitriles is 1. The summed E-state index contributed by atoms with van der Waals surface area (Å²) < 4.78 is 6.23. The second-order valence-corrected chi connectivity index (χ2v) is 12.0. The van der Waals surface area contributed by atoms with Gasteiger partial charge in [0.2, 0.25) is 5.91 Å². The van der Waals surface area contributed by atoms with E-state index < -0.39 is 0 Å². The Balaban J connectivity index is 1.35. The number of ether oxygens (including phenoxy) is 1. The molecule has 3 aliphatic rings. The van der Waals surface area contributed by atoms with Crippen molar-refractivity contribution in [3.05, 3.63) is 65.3 Å². The Morgan fingerprint density at radius 2 is 1.95 bits per heavy atom. The molecule has 2 aromatic carbocycles. The van der Waals surface area contributed by atoms with Gasteiger partial charge in [-0.1, -0.05) is 55.3 Å². The lowest BCUT2D eigenvalue weighted by molar-refractivity contribution is -0.128. The third kappa shape index (κ3) is 5.49. The summed E-state index contributed by atoms with van der Waals surface area (Å²) in [6.45, 7) is 6.94. The molecule has 2 N–H and O–H groups in total. The number of fused-ring (bicyclic) bond motifs is 2. The average Bonchev–Trinajstić information content (AvgIpc) is 3.45. The summed E-state index contributed by atoms with van der Waals surface area (Å²) in [6.07, 6.45) is 6.35. The summed E-state index contributed by atoms with van der Waals surface area (Å²) in [6, 6.07) is 14.5. The Morgan fingerprint density at radius 3 is 2.71 bits per heavy atom. The van der Waals surface area contributed by atoms with Crippen molar-refractivity contribution in [1.82, 2.24) is 14.9 Å². The van der Waals surface area contributed by atoms with Crippen molar-refractivity contribution in [1.29, 1.82) is 5.26 Å². The van der Waals surface area contributed by atoms with Crippen molar-refractivity contribution in [3.63, 3.8) is 0 Å². The number of carbonyl (C=O) groups excluding carboxylic acids is 1. The number of hydrogen-bond acceptors (Lipinski definition) is 8. The lowest BCUT2D eigenvalue weighted by Crippen LogP contribution is -2.55. The molecule has 2 fully saturated rings. The second-order valence-electron chi connectivity index (χ2n) is 11.6. The van der Waals surface area contributed by atoms with Crippen LogP contribution in [0.3, 0.4) is 0 Å². The van der Waals surface area contributed by atoms with Gasteiger partial charge >= 0.3 is 6.01 Å². The molecular formula is C32H36ClN7O2. The molecule has 3 aromatic rings. The largest absolute Gasteiger partial charge is 0.461 e. The number of nitrogens with two attached hydrogens (primary N) is 1. The predicted molar refractivity (Wildman–Crippen MR) is 165 cm³/mol. The molecule has 6 rings (SSSR count). The molecule has 3 heterocycles. The summed E-state index contributed by atoms with van der Waals surface area (Å²) >= 11 is 6.69. The first-order valence-corrected chi connectivity index (χ1v) is 15.1. The van der Waals surface area contributed by atoms with Crippen LogP contribution in [0, 0.1) is 11.3 Å². The quantitative estimate of drug-likeness (QED) is 0.400. The molecule has 218 valence electrons. The third-order valence-electron chi connectivity index (χ3n) is 8.85. The minimum Gasteiger partial charge on any atom is -0.461 e. The van der Waals surface area contributed by atoms with Crippen molar-refractivity contribution in [3.8, 4) is 12.1 Å². The van der Waals surface area contributed by atoms with E-state index in [0.717, 1.165) is 77.2 Å². The maximum atomic E-state index is 12.5. The van der Waals surface area contributed by atoms with Crippen LogP contribution in [-0.4, -0.2) is 65.1 Å². The van der Waals surface area contributed by atoms with Crippen LogP contribution in [0.2, 0.25) is 5.02 Å². The molecule has 0 unspecified atom stereocenters. The smallest absolute Gasteiger partial charge is 0.318 e. The van der Waals surface area contributed by atoms with Gasteiger partial charge in [-0.05, 0) is 42.9 Å². The summed E-state index contributed by atoms with van der Waals surface area (Å²) in [5.74, 6) is 0.662.